The van der Waals surface area contributed by atoms with Crippen LogP contribution in [-0.2, 0) is 4.84 Å². The molecule has 0 bridgehead atoms. The molecule has 4 nitrogen and oxygen atoms in total. The molecule has 0 aliphatic heterocycles. The molecule has 88 valence electrons. The van der Waals surface area contributed by atoms with Gasteiger partial charge >= 0.3 is 0 Å². The number of hydrogen-bond donors (Lipinski definition) is 0. The fourth-order valence-electron chi connectivity index (χ4n) is 1.45. The third-order valence-electron chi connectivity index (χ3n) is 2.57. The topological polar surface area (TPSA) is 52.4 Å². The largest absolute Gasteiger partial charge is 0.313 e. The third kappa shape index (κ3) is 3.53. The second kappa shape index (κ2) is 4.96. The lowest BCUT2D eigenvalue weighted by Gasteiger charge is -2.19. The van der Waals surface area contributed by atoms with Crippen LogP contribution >= 0.6 is 0 Å². The highest BCUT2D eigenvalue weighted by Gasteiger charge is 2.20. The molecular formula is C12H17NO3. The number of allylic oxidation sites excluding steroid dienone is 4. The van der Waals surface area contributed by atoms with Gasteiger partial charge in [-0.3, -0.25) is 0 Å². The highest BCUT2D eigenvalue weighted by atomic mass is 16.9. The Morgan fingerprint density at radius 1 is 1.50 bits per heavy atom. The van der Waals surface area contributed by atoms with Crippen LogP contribution in [0.3, 0.4) is 0 Å². The van der Waals surface area contributed by atoms with Gasteiger partial charge in [-0.2, -0.15) is 0 Å². The third-order valence-corrected chi connectivity index (χ3v) is 2.57. The van der Waals surface area contributed by atoms with E-state index in [0.29, 0.717) is 5.92 Å². The molecule has 0 aromatic rings. The van der Waals surface area contributed by atoms with Crippen LogP contribution in [-0.4, -0.2) is 11.7 Å². The molecule has 1 aliphatic carbocycles. The Bertz CT molecular complexity index is 355. The molecule has 0 fully saturated rings. The van der Waals surface area contributed by atoms with Gasteiger partial charge in [0.25, 0.3) is 5.09 Å². The summed E-state index contributed by atoms with van der Waals surface area (Å²) in [5.74, 6) is 0.444. The molecule has 0 radical (unpaired) electrons. The molecule has 0 heterocycles. The Kier molecular flexibility index (Phi) is 3.88. The number of hydrogen-bond acceptors (Lipinski definition) is 3. The van der Waals surface area contributed by atoms with Crippen molar-refractivity contribution in [2.24, 2.45) is 11.3 Å². The normalized spacial score (nSPS) is 24.1. The maximum absolute atomic E-state index is 10.2. The summed E-state index contributed by atoms with van der Waals surface area (Å²) >= 11 is 0. The molecule has 0 amide bonds. The summed E-state index contributed by atoms with van der Waals surface area (Å²) in [6, 6.07) is 0. The van der Waals surface area contributed by atoms with Gasteiger partial charge in [-0.25, -0.2) is 0 Å². The summed E-state index contributed by atoms with van der Waals surface area (Å²) in [7, 11) is 0. The van der Waals surface area contributed by atoms with Crippen molar-refractivity contribution in [3.63, 3.8) is 0 Å². The minimum absolute atomic E-state index is 0.0478. The van der Waals surface area contributed by atoms with Crippen LogP contribution in [0.1, 0.15) is 20.8 Å². The zero-order chi connectivity index (χ0) is 12.2. The van der Waals surface area contributed by atoms with Gasteiger partial charge in [0, 0.05) is 5.41 Å². The van der Waals surface area contributed by atoms with E-state index in [4.69, 9.17) is 0 Å². The van der Waals surface area contributed by atoms with Crippen LogP contribution in [0, 0.1) is 21.4 Å². The van der Waals surface area contributed by atoms with Crippen molar-refractivity contribution in [3.05, 3.63) is 46.1 Å². The summed E-state index contributed by atoms with van der Waals surface area (Å²) in [5.41, 5.74) is 0.793. The average Bonchev–Trinajstić information content (AvgIpc) is 2.38. The first-order valence-corrected chi connectivity index (χ1v) is 5.29. The SMILES string of the molecule is CC(C)C1=CC=CC(C)(CO[N+](=O)[O-])C=C1. The lowest BCUT2D eigenvalue weighted by Crippen LogP contribution is -2.20. The summed E-state index contributed by atoms with van der Waals surface area (Å²) in [6.45, 7) is 6.17. The molecular weight excluding hydrogens is 206 g/mol. The Labute approximate surface area is 95.4 Å². The van der Waals surface area contributed by atoms with Crippen molar-refractivity contribution >= 4 is 0 Å². The van der Waals surface area contributed by atoms with Crippen LogP contribution in [0.15, 0.2) is 36.0 Å². The first kappa shape index (κ1) is 12.5. The molecule has 1 atom stereocenters. The number of nitrogens with zero attached hydrogens (tertiary/aromatic N) is 1. The second-order valence-electron chi connectivity index (χ2n) is 4.52. The zero-order valence-electron chi connectivity index (χ0n) is 9.84. The maximum atomic E-state index is 10.2. The van der Waals surface area contributed by atoms with Crippen molar-refractivity contribution in [1.29, 1.82) is 0 Å². The minimum Gasteiger partial charge on any atom is -0.313 e. The van der Waals surface area contributed by atoms with E-state index >= 15 is 0 Å². The Morgan fingerprint density at radius 2 is 2.19 bits per heavy atom. The van der Waals surface area contributed by atoms with Crippen LogP contribution in [0.2, 0.25) is 0 Å². The Balaban J connectivity index is 2.73. The molecule has 0 aromatic heterocycles. The Morgan fingerprint density at radius 3 is 2.75 bits per heavy atom. The molecule has 1 unspecified atom stereocenters. The second-order valence-corrected chi connectivity index (χ2v) is 4.52. The van der Waals surface area contributed by atoms with Crippen LogP contribution in [0.5, 0.6) is 0 Å². The molecule has 1 aliphatic rings. The van der Waals surface area contributed by atoms with Gasteiger partial charge < -0.3 is 4.84 Å². The summed E-state index contributed by atoms with van der Waals surface area (Å²) in [5, 5.41) is 9.41. The Hall–Kier alpha value is -1.58. The van der Waals surface area contributed by atoms with Gasteiger partial charge in [-0.15, -0.1) is 10.1 Å². The van der Waals surface area contributed by atoms with E-state index in [1.54, 1.807) is 0 Å². The van der Waals surface area contributed by atoms with Gasteiger partial charge in [-0.05, 0) is 11.5 Å². The molecule has 0 saturated heterocycles. The van der Waals surface area contributed by atoms with Crippen molar-refractivity contribution in [2.45, 2.75) is 20.8 Å². The van der Waals surface area contributed by atoms with E-state index < -0.39 is 10.5 Å². The van der Waals surface area contributed by atoms with E-state index in [-0.39, 0.29) is 6.61 Å². The van der Waals surface area contributed by atoms with Crippen LogP contribution < -0.4 is 0 Å². The maximum Gasteiger partial charge on any atom is 0.294 e. The first-order valence-electron chi connectivity index (χ1n) is 5.29. The predicted molar refractivity (Wildman–Crippen MR) is 62.3 cm³/mol. The predicted octanol–water partition coefficient (Wildman–Crippen LogP) is 2.91. The van der Waals surface area contributed by atoms with Crippen molar-refractivity contribution in [1.82, 2.24) is 0 Å². The van der Waals surface area contributed by atoms with Gasteiger partial charge in [0.2, 0.25) is 0 Å². The van der Waals surface area contributed by atoms with E-state index in [9.17, 15) is 10.1 Å². The van der Waals surface area contributed by atoms with Gasteiger partial charge in [0.1, 0.15) is 6.61 Å². The van der Waals surface area contributed by atoms with E-state index in [1.807, 2.05) is 37.3 Å². The van der Waals surface area contributed by atoms with E-state index in [1.165, 1.54) is 5.57 Å². The standard InChI is InChI=1S/C12H17NO3/c1-10(2)11-5-4-7-12(3,8-6-11)9-16-13(14)15/h4-8,10H,9H2,1-3H3. The van der Waals surface area contributed by atoms with Crippen molar-refractivity contribution in [2.75, 3.05) is 6.61 Å². The van der Waals surface area contributed by atoms with E-state index in [0.717, 1.165) is 0 Å². The quantitative estimate of drug-likeness (QED) is 0.544. The smallest absolute Gasteiger partial charge is 0.294 e. The lowest BCUT2D eigenvalue weighted by molar-refractivity contribution is -0.759. The number of rotatable bonds is 4. The molecule has 0 spiro atoms. The molecule has 4 heteroatoms. The van der Waals surface area contributed by atoms with Gasteiger partial charge in [-0.1, -0.05) is 51.2 Å². The van der Waals surface area contributed by atoms with Crippen molar-refractivity contribution < 1.29 is 9.92 Å². The first-order chi connectivity index (χ1) is 7.43. The summed E-state index contributed by atoms with van der Waals surface area (Å²) in [4.78, 5) is 14.6. The molecule has 0 aromatic carbocycles. The van der Waals surface area contributed by atoms with E-state index in [2.05, 4.69) is 18.7 Å². The highest BCUT2D eigenvalue weighted by Crippen LogP contribution is 2.26. The summed E-state index contributed by atoms with van der Waals surface area (Å²) < 4.78 is 0. The zero-order valence-corrected chi connectivity index (χ0v) is 9.84. The monoisotopic (exact) mass is 223 g/mol. The fraction of sp³-hybridized carbons (Fsp3) is 0.500. The molecule has 0 saturated carbocycles. The molecule has 16 heavy (non-hydrogen) atoms. The van der Waals surface area contributed by atoms with Crippen LogP contribution in [0.25, 0.3) is 0 Å². The minimum atomic E-state index is -0.755. The average molecular weight is 223 g/mol. The lowest BCUT2D eigenvalue weighted by atomic mass is 9.91. The van der Waals surface area contributed by atoms with Gasteiger partial charge in [0.05, 0.1) is 0 Å². The molecule has 0 N–H and O–H groups in total. The summed E-state index contributed by atoms with van der Waals surface area (Å²) in [6.07, 6.45) is 9.83. The highest BCUT2D eigenvalue weighted by molar-refractivity contribution is 5.32. The molecule has 1 rings (SSSR count). The van der Waals surface area contributed by atoms with Crippen LogP contribution in [0.4, 0.5) is 0 Å². The fourth-order valence-corrected chi connectivity index (χ4v) is 1.45. The van der Waals surface area contributed by atoms with Gasteiger partial charge in [0.15, 0.2) is 0 Å². The van der Waals surface area contributed by atoms with Crippen molar-refractivity contribution in [3.8, 4) is 0 Å².